The van der Waals surface area contributed by atoms with E-state index >= 15 is 0 Å². The molecule has 34 heavy (non-hydrogen) atoms. The number of benzene rings is 2. The van der Waals surface area contributed by atoms with Gasteiger partial charge in [0.2, 0.25) is 11.7 Å². The smallest absolute Gasteiger partial charge is 0.338 e. The maximum atomic E-state index is 12.8. The zero-order valence-electron chi connectivity index (χ0n) is 18.9. The van der Waals surface area contributed by atoms with E-state index in [-0.39, 0.29) is 16.4 Å². The maximum Gasteiger partial charge on any atom is 0.338 e. The number of hydrogen-bond acceptors (Lipinski definition) is 7. The van der Waals surface area contributed by atoms with Crippen molar-refractivity contribution in [2.45, 2.75) is 50.5 Å². The summed E-state index contributed by atoms with van der Waals surface area (Å²) < 4.78 is 34.9. The molecule has 0 saturated carbocycles. The van der Waals surface area contributed by atoms with Gasteiger partial charge < -0.3 is 15.0 Å². The molecule has 178 valence electrons. The molecule has 1 amide bonds. The summed E-state index contributed by atoms with van der Waals surface area (Å²) in [7, 11) is -3.94. The van der Waals surface area contributed by atoms with Gasteiger partial charge >= 0.3 is 5.97 Å². The van der Waals surface area contributed by atoms with Crippen molar-refractivity contribution in [1.82, 2.24) is 0 Å². The van der Waals surface area contributed by atoms with Crippen LogP contribution in [0, 0.1) is 0 Å². The van der Waals surface area contributed by atoms with Gasteiger partial charge in [-0.2, -0.15) is 8.42 Å². The molecule has 0 radical (unpaired) electrons. The summed E-state index contributed by atoms with van der Waals surface area (Å²) in [6, 6.07) is 10.6. The van der Waals surface area contributed by atoms with Crippen LogP contribution in [0.4, 0.5) is 11.4 Å². The molecule has 2 aromatic carbocycles. The van der Waals surface area contributed by atoms with Gasteiger partial charge in [0.1, 0.15) is 10.7 Å². The van der Waals surface area contributed by atoms with E-state index in [1.54, 1.807) is 18.2 Å². The Bertz CT molecular complexity index is 1280. The summed E-state index contributed by atoms with van der Waals surface area (Å²) in [5.41, 5.74) is 1.38. The van der Waals surface area contributed by atoms with Crippen molar-refractivity contribution >= 4 is 44.9 Å². The maximum absolute atomic E-state index is 12.8. The van der Waals surface area contributed by atoms with E-state index in [0.29, 0.717) is 35.7 Å². The van der Waals surface area contributed by atoms with E-state index in [0.717, 1.165) is 19.3 Å². The van der Waals surface area contributed by atoms with E-state index in [9.17, 15) is 22.8 Å². The zero-order valence-corrected chi connectivity index (χ0v) is 19.7. The van der Waals surface area contributed by atoms with Crippen molar-refractivity contribution in [2.75, 3.05) is 16.8 Å². The number of amidine groups is 1. The first-order valence-corrected chi connectivity index (χ1v) is 12.5. The molecule has 1 atom stereocenters. The van der Waals surface area contributed by atoms with Gasteiger partial charge in [0, 0.05) is 31.1 Å². The molecule has 4 rings (SSSR count). The number of esters is 1. The fourth-order valence-electron chi connectivity index (χ4n) is 4.04. The summed E-state index contributed by atoms with van der Waals surface area (Å²) in [6.07, 6.45) is 2.30. The predicted molar refractivity (Wildman–Crippen MR) is 127 cm³/mol. The number of nitrogens with zero attached hydrogens (tertiary/aromatic N) is 2. The molecule has 0 aromatic heterocycles. The minimum atomic E-state index is -3.94. The highest BCUT2D eigenvalue weighted by Crippen LogP contribution is 2.35. The first-order valence-electron chi connectivity index (χ1n) is 11.0. The van der Waals surface area contributed by atoms with Crippen molar-refractivity contribution in [3.05, 3.63) is 53.6 Å². The Morgan fingerprint density at radius 2 is 1.74 bits per heavy atom. The van der Waals surface area contributed by atoms with Gasteiger partial charge in [-0.3, -0.25) is 9.59 Å². The molecule has 0 bridgehead atoms. The Labute approximate surface area is 197 Å². The number of sulfonamides is 1. The average molecular weight is 484 g/mol. The molecule has 1 unspecified atom stereocenters. The fourth-order valence-corrected chi connectivity index (χ4v) is 5.33. The van der Waals surface area contributed by atoms with E-state index < -0.39 is 27.9 Å². The highest BCUT2D eigenvalue weighted by atomic mass is 32.2. The number of ketones is 1. The quantitative estimate of drug-likeness (QED) is 0.510. The standard InChI is InChI=1S/C24H25N3O6S/c1-15(23(29)17-7-10-19(11-8-17)25-16(2)28)33-24(30)18-9-12-20-21(14-18)34(31,32)26-22-6-4-3-5-13-27(20)22/h7-12,14-15H,3-6,13H2,1-2H3,(H,25,28). The summed E-state index contributed by atoms with van der Waals surface area (Å²) >= 11 is 0. The van der Waals surface area contributed by atoms with E-state index in [4.69, 9.17) is 4.74 Å². The number of anilines is 2. The minimum absolute atomic E-state index is 0.0245. The zero-order chi connectivity index (χ0) is 24.5. The first-order chi connectivity index (χ1) is 16.2. The van der Waals surface area contributed by atoms with Gasteiger partial charge in [-0.25, -0.2) is 4.79 Å². The Balaban J connectivity index is 1.51. The SMILES string of the molecule is CC(=O)Nc1ccc(C(=O)C(C)OC(=O)c2ccc3c(c2)S(=O)(=O)N=C2CCCCCN23)cc1. The van der Waals surface area contributed by atoms with Crippen molar-refractivity contribution in [1.29, 1.82) is 0 Å². The lowest BCUT2D eigenvalue weighted by Gasteiger charge is -2.29. The third-order valence-electron chi connectivity index (χ3n) is 5.73. The topological polar surface area (TPSA) is 122 Å². The van der Waals surface area contributed by atoms with Gasteiger partial charge in [-0.05, 0) is 62.2 Å². The van der Waals surface area contributed by atoms with Crippen LogP contribution in [0.1, 0.15) is 60.2 Å². The Morgan fingerprint density at radius 3 is 2.44 bits per heavy atom. The number of amides is 1. The van der Waals surface area contributed by atoms with Gasteiger partial charge in [-0.15, -0.1) is 4.40 Å². The van der Waals surface area contributed by atoms with Crippen LogP contribution in [0.3, 0.4) is 0 Å². The molecule has 10 heteroatoms. The van der Waals surface area contributed by atoms with E-state index in [2.05, 4.69) is 9.71 Å². The van der Waals surface area contributed by atoms with Crippen LogP contribution in [0.25, 0.3) is 0 Å². The van der Waals surface area contributed by atoms with Crippen LogP contribution < -0.4 is 10.2 Å². The summed E-state index contributed by atoms with van der Waals surface area (Å²) in [5.74, 6) is -0.929. The lowest BCUT2D eigenvalue weighted by molar-refractivity contribution is -0.114. The third-order valence-corrected chi connectivity index (χ3v) is 7.06. The van der Waals surface area contributed by atoms with Crippen molar-refractivity contribution in [2.24, 2.45) is 4.40 Å². The van der Waals surface area contributed by atoms with Crippen LogP contribution in [0.2, 0.25) is 0 Å². The lowest BCUT2D eigenvalue weighted by atomic mass is 10.1. The molecule has 1 saturated heterocycles. The summed E-state index contributed by atoms with van der Waals surface area (Å²) in [5, 5.41) is 2.61. The Kier molecular flexibility index (Phi) is 6.52. The van der Waals surface area contributed by atoms with Crippen molar-refractivity contribution in [3.8, 4) is 0 Å². The lowest BCUT2D eigenvalue weighted by Crippen LogP contribution is -2.35. The largest absolute Gasteiger partial charge is 0.451 e. The molecule has 2 heterocycles. The van der Waals surface area contributed by atoms with Crippen LogP contribution in [-0.4, -0.2) is 44.6 Å². The first kappa shape index (κ1) is 23.6. The number of ether oxygens (including phenoxy) is 1. The number of nitrogens with one attached hydrogen (secondary N) is 1. The number of hydrogen-bond donors (Lipinski definition) is 1. The summed E-state index contributed by atoms with van der Waals surface area (Å²) in [6.45, 7) is 3.49. The molecule has 0 spiro atoms. The van der Waals surface area contributed by atoms with Crippen LogP contribution in [0.5, 0.6) is 0 Å². The minimum Gasteiger partial charge on any atom is -0.451 e. The van der Waals surface area contributed by atoms with Crippen LogP contribution >= 0.6 is 0 Å². The van der Waals surface area contributed by atoms with Gasteiger partial charge in [-0.1, -0.05) is 6.42 Å². The number of rotatable bonds is 5. The monoisotopic (exact) mass is 483 g/mol. The molecule has 9 nitrogen and oxygen atoms in total. The number of Topliss-reactive ketones (excluding diaryl/α,β-unsaturated/α-hetero) is 1. The Hall–Kier alpha value is -3.53. The normalized spacial score (nSPS) is 17.4. The second kappa shape index (κ2) is 9.38. The molecule has 0 aliphatic carbocycles. The van der Waals surface area contributed by atoms with Gasteiger partial charge in [0.05, 0.1) is 11.3 Å². The molecule has 2 aromatic rings. The molecular formula is C24H25N3O6S. The molecule has 1 N–H and O–H groups in total. The molecular weight excluding hydrogens is 458 g/mol. The Morgan fingerprint density at radius 1 is 1.03 bits per heavy atom. The van der Waals surface area contributed by atoms with Crippen LogP contribution in [0.15, 0.2) is 51.8 Å². The second-order valence-electron chi connectivity index (χ2n) is 8.30. The van der Waals surface area contributed by atoms with Gasteiger partial charge in [0.15, 0.2) is 6.10 Å². The number of fused-ring (bicyclic) bond motifs is 3. The van der Waals surface area contributed by atoms with Crippen molar-refractivity contribution in [3.63, 3.8) is 0 Å². The average Bonchev–Trinajstić information content (AvgIpc) is 3.03. The van der Waals surface area contributed by atoms with E-state index in [1.807, 2.05) is 4.90 Å². The number of carbonyl (C=O) groups excluding carboxylic acids is 3. The number of carbonyl (C=O) groups is 3. The molecule has 1 fully saturated rings. The highest BCUT2D eigenvalue weighted by molar-refractivity contribution is 7.90. The fraction of sp³-hybridized carbons (Fsp3) is 0.333. The van der Waals surface area contributed by atoms with Crippen molar-refractivity contribution < 1.29 is 27.5 Å². The summed E-state index contributed by atoms with van der Waals surface area (Å²) in [4.78, 5) is 38.4. The van der Waals surface area contributed by atoms with Crippen LogP contribution in [-0.2, 0) is 19.6 Å². The molecule has 2 aliphatic rings. The van der Waals surface area contributed by atoms with Gasteiger partial charge in [0.25, 0.3) is 10.0 Å². The van der Waals surface area contributed by atoms with E-state index in [1.165, 1.54) is 38.1 Å². The second-order valence-corrected chi connectivity index (χ2v) is 9.87. The third kappa shape index (κ3) is 4.86. The highest BCUT2D eigenvalue weighted by Gasteiger charge is 2.32. The predicted octanol–water partition coefficient (Wildman–Crippen LogP) is 3.55. The molecule has 2 aliphatic heterocycles.